The number of rotatable bonds is 10. The summed E-state index contributed by atoms with van der Waals surface area (Å²) in [6.07, 6.45) is -0.603. The summed E-state index contributed by atoms with van der Waals surface area (Å²) in [7, 11) is 0. The minimum atomic E-state index is -0.783. The lowest BCUT2D eigenvalue weighted by Gasteiger charge is -2.29. The smallest absolute Gasteiger partial charge is 0.254 e. The fourth-order valence-corrected chi connectivity index (χ4v) is 6.08. The van der Waals surface area contributed by atoms with Gasteiger partial charge in [-0.2, -0.15) is 0 Å². The standard InChI is InChI=1S/C29H37N5O5S/c1-16(2)26(24-10-25(33-39-24)38-14-19-11-30-12-19)29(37)34-13-22(35)9-23(34)28(36)32-17(3)20-5-7-21(8-6-20)27-18(4)31-15-40-27/h5-8,10,15-17,19,22-23,26,30,35H,9,11-14H2,1-4H3,(H,32,36)/t17-,22?,23?,26-/m0/s1. The number of ether oxygens (including phenoxy) is 1. The molecular formula is C29H37N5O5S. The molecule has 0 saturated carbocycles. The van der Waals surface area contributed by atoms with Gasteiger partial charge in [-0.3, -0.25) is 9.59 Å². The second-order valence-corrected chi connectivity index (χ2v) is 12.0. The first-order chi connectivity index (χ1) is 19.2. The van der Waals surface area contributed by atoms with Crippen molar-refractivity contribution in [2.24, 2.45) is 11.8 Å². The van der Waals surface area contributed by atoms with Crippen molar-refractivity contribution in [1.82, 2.24) is 25.7 Å². The van der Waals surface area contributed by atoms with Gasteiger partial charge in [0.05, 0.1) is 34.8 Å². The number of hydrogen-bond donors (Lipinski definition) is 3. The average Bonchev–Trinajstić information content (AvgIpc) is 3.63. The molecule has 0 aliphatic carbocycles. The molecule has 3 N–H and O–H groups in total. The number of thiazole rings is 1. The van der Waals surface area contributed by atoms with Gasteiger partial charge in [0.2, 0.25) is 11.8 Å². The van der Waals surface area contributed by atoms with Gasteiger partial charge in [-0.05, 0) is 36.0 Å². The van der Waals surface area contributed by atoms with Crippen LogP contribution in [0, 0.1) is 18.8 Å². The summed E-state index contributed by atoms with van der Waals surface area (Å²) in [5.74, 6) is -0.155. The van der Waals surface area contributed by atoms with Gasteiger partial charge in [-0.1, -0.05) is 38.1 Å². The van der Waals surface area contributed by atoms with Crippen LogP contribution in [0.3, 0.4) is 0 Å². The monoisotopic (exact) mass is 567 g/mol. The summed E-state index contributed by atoms with van der Waals surface area (Å²) in [5, 5.41) is 20.7. The van der Waals surface area contributed by atoms with E-state index in [-0.39, 0.29) is 36.7 Å². The Kier molecular flexibility index (Phi) is 8.53. The van der Waals surface area contributed by atoms with Crippen LogP contribution in [0.4, 0.5) is 0 Å². The Morgan fingerprint density at radius 1 is 1.25 bits per heavy atom. The lowest BCUT2D eigenvalue weighted by Crippen LogP contribution is -2.48. The normalized spacial score (nSPS) is 20.8. The highest BCUT2D eigenvalue weighted by atomic mass is 32.1. The Hall–Kier alpha value is -3.28. The summed E-state index contributed by atoms with van der Waals surface area (Å²) in [6.45, 7) is 10.2. The number of aliphatic hydroxyl groups is 1. The van der Waals surface area contributed by atoms with Crippen molar-refractivity contribution >= 4 is 23.2 Å². The van der Waals surface area contributed by atoms with E-state index in [2.05, 4.69) is 20.8 Å². The molecule has 2 saturated heterocycles. The third-order valence-electron chi connectivity index (χ3n) is 7.72. The molecule has 4 atom stereocenters. The second kappa shape index (κ2) is 12.1. The van der Waals surface area contributed by atoms with Gasteiger partial charge < -0.3 is 29.9 Å². The van der Waals surface area contributed by atoms with E-state index in [1.54, 1.807) is 17.4 Å². The predicted molar refractivity (Wildman–Crippen MR) is 151 cm³/mol. The predicted octanol–water partition coefficient (Wildman–Crippen LogP) is 3.28. The first-order valence-electron chi connectivity index (χ1n) is 13.8. The molecule has 0 bridgehead atoms. The zero-order valence-corrected chi connectivity index (χ0v) is 24.1. The van der Waals surface area contributed by atoms with Crippen LogP contribution in [-0.4, -0.2) is 70.3 Å². The van der Waals surface area contributed by atoms with Crippen LogP contribution in [0.25, 0.3) is 10.4 Å². The van der Waals surface area contributed by atoms with E-state index in [9.17, 15) is 14.7 Å². The van der Waals surface area contributed by atoms with Gasteiger partial charge in [0.15, 0.2) is 5.76 Å². The van der Waals surface area contributed by atoms with Crippen molar-refractivity contribution in [3.8, 4) is 16.3 Å². The maximum absolute atomic E-state index is 13.8. The third-order valence-corrected chi connectivity index (χ3v) is 8.70. The van der Waals surface area contributed by atoms with Crippen molar-refractivity contribution in [3.05, 3.63) is 52.9 Å². The summed E-state index contributed by atoms with van der Waals surface area (Å²) < 4.78 is 11.3. The van der Waals surface area contributed by atoms with E-state index in [4.69, 9.17) is 9.26 Å². The van der Waals surface area contributed by atoms with Crippen LogP contribution < -0.4 is 15.4 Å². The molecule has 10 nitrogen and oxygen atoms in total. The molecule has 5 rings (SSSR count). The van der Waals surface area contributed by atoms with Crippen LogP contribution in [0.5, 0.6) is 5.88 Å². The number of hydrogen-bond acceptors (Lipinski definition) is 9. The van der Waals surface area contributed by atoms with Crippen molar-refractivity contribution < 1.29 is 24.0 Å². The van der Waals surface area contributed by atoms with E-state index in [1.807, 2.05) is 57.5 Å². The van der Waals surface area contributed by atoms with E-state index >= 15 is 0 Å². The number of nitrogens with one attached hydrogen (secondary N) is 2. The molecule has 2 fully saturated rings. The fourth-order valence-electron chi connectivity index (χ4n) is 5.27. The van der Waals surface area contributed by atoms with Gasteiger partial charge in [0.1, 0.15) is 12.0 Å². The summed E-state index contributed by atoms with van der Waals surface area (Å²) >= 11 is 1.60. The molecule has 40 heavy (non-hydrogen) atoms. The Balaban J connectivity index is 1.25. The number of carbonyl (C=O) groups excluding carboxylic acids is 2. The number of benzene rings is 1. The zero-order chi connectivity index (χ0) is 28.4. The van der Waals surface area contributed by atoms with Gasteiger partial charge >= 0.3 is 0 Å². The molecule has 11 heteroatoms. The van der Waals surface area contributed by atoms with Crippen molar-refractivity contribution in [1.29, 1.82) is 0 Å². The molecule has 2 amide bonds. The second-order valence-electron chi connectivity index (χ2n) is 11.1. The van der Waals surface area contributed by atoms with Crippen LogP contribution in [0.1, 0.15) is 56.2 Å². The van der Waals surface area contributed by atoms with Crippen molar-refractivity contribution in [2.75, 3.05) is 26.2 Å². The number of aromatic nitrogens is 2. The summed E-state index contributed by atoms with van der Waals surface area (Å²) in [6, 6.07) is 8.64. The summed E-state index contributed by atoms with van der Waals surface area (Å²) in [4.78, 5) is 34.1. The molecule has 214 valence electrons. The van der Waals surface area contributed by atoms with Gasteiger partial charge in [-0.25, -0.2) is 4.98 Å². The van der Waals surface area contributed by atoms with Crippen LogP contribution in [0.15, 0.2) is 40.4 Å². The number of likely N-dealkylation sites (tertiary alicyclic amines) is 1. The Bertz CT molecular complexity index is 1320. The molecule has 2 unspecified atom stereocenters. The number of aliphatic hydroxyl groups excluding tert-OH is 1. The molecule has 2 aliphatic heterocycles. The SMILES string of the molecule is Cc1ncsc1-c1ccc([C@H](C)NC(=O)C2CC(O)CN2C(=O)[C@H](c2cc(OCC3CNC3)no2)C(C)C)cc1. The molecular weight excluding hydrogens is 530 g/mol. The quantitative estimate of drug-likeness (QED) is 0.340. The number of β-amino-alcohol motifs (C(OH)–C–C–N with tert-alkyl or cyclic N) is 1. The molecule has 2 aromatic heterocycles. The Morgan fingerprint density at radius 2 is 2.00 bits per heavy atom. The van der Waals surface area contributed by atoms with E-state index in [1.165, 1.54) is 4.90 Å². The van der Waals surface area contributed by atoms with E-state index < -0.39 is 18.1 Å². The highest BCUT2D eigenvalue weighted by Gasteiger charge is 2.43. The molecule has 0 spiro atoms. The van der Waals surface area contributed by atoms with E-state index in [0.717, 1.165) is 34.8 Å². The van der Waals surface area contributed by atoms with Crippen LogP contribution in [0.2, 0.25) is 0 Å². The number of carbonyl (C=O) groups is 2. The highest BCUT2D eigenvalue weighted by molar-refractivity contribution is 7.13. The zero-order valence-electron chi connectivity index (χ0n) is 23.3. The highest BCUT2D eigenvalue weighted by Crippen LogP contribution is 2.33. The van der Waals surface area contributed by atoms with Gasteiger partial charge in [0.25, 0.3) is 5.88 Å². The molecule has 4 heterocycles. The largest absolute Gasteiger partial charge is 0.475 e. The van der Waals surface area contributed by atoms with Crippen LogP contribution >= 0.6 is 11.3 Å². The van der Waals surface area contributed by atoms with Crippen molar-refractivity contribution in [3.63, 3.8) is 0 Å². The van der Waals surface area contributed by atoms with Crippen molar-refractivity contribution in [2.45, 2.75) is 58.2 Å². The third kappa shape index (κ3) is 6.06. The number of amides is 2. The first kappa shape index (κ1) is 28.3. The van der Waals surface area contributed by atoms with Gasteiger partial charge in [-0.15, -0.1) is 11.3 Å². The molecule has 1 aromatic carbocycles. The minimum Gasteiger partial charge on any atom is -0.475 e. The first-order valence-corrected chi connectivity index (χ1v) is 14.7. The fraction of sp³-hybridized carbons (Fsp3) is 0.517. The Labute approximate surface area is 238 Å². The summed E-state index contributed by atoms with van der Waals surface area (Å²) in [5.41, 5.74) is 4.85. The number of nitrogens with zero attached hydrogens (tertiary/aromatic N) is 3. The molecule has 2 aliphatic rings. The Morgan fingerprint density at radius 3 is 2.62 bits per heavy atom. The minimum absolute atomic E-state index is 0.0869. The topological polar surface area (TPSA) is 130 Å². The van der Waals surface area contributed by atoms with E-state index in [0.29, 0.717) is 24.2 Å². The number of aryl methyl sites for hydroxylation is 1. The molecule has 0 radical (unpaired) electrons. The van der Waals surface area contributed by atoms with Gasteiger partial charge in [0, 0.05) is 38.0 Å². The molecule has 3 aromatic rings. The maximum atomic E-state index is 13.8. The lowest BCUT2D eigenvalue weighted by molar-refractivity contribution is -0.141. The van der Waals surface area contributed by atoms with Crippen LogP contribution in [-0.2, 0) is 9.59 Å². The average molecular weight is 568 g/mol. The lowest BCUT2D eigenvalue weighted by atomic mass is 9.91. The maximum Gasteiger partial charge on any atom is 0.254 e.